The lowest BCUT2D eigenvalue weighted by Crippen LogP contribution is -2.56. The lowest BCUT2D eigenvalue weighted by atomic mass is 9.82. The first-order chi connectivity index (χ1) is 12.6. The summed E-state index contributed by atoms with van der Waals surface area (Å²) in [6.07, 6.45) is 8.41. The number of benzene rings is 1. The predicted molar refractivity (Wildman–Crippen MR) is 111 cm³/mol. The third kappa shape index (κ3) is 5.05. The van der Waals surface area contributed by atoms with Gasteiger partial charge < -0.3 is 15.5 Å². The molecule has 2 saturated heterocycles. The highest BCUT2D eigenvalue weighted by Gasteiger charge is 2.36. The van der Waals surface area contributed by atoms with Crippen LogP contribution in [0.3, 0.4) is 0 Å². The van der Waals surface area contributed by atoms with Gasteiger partial charge >= 0.3 is 0 Å². The van der Waals surface area contributed by atoms with Gasteiger partial charge in [-0.2, -0.15) is 0 Å². The monoisotopic (exact) mass is 396 g/mol. The van der Waals surface area contributed by atoms with Gasteiger partial charge in [0.15, 0.2) is 5.96 Å². The summed E-state index contributed by atoms with van der Waals surface area (Å²) in [5.41, 5.74) is 1.14. The summed E-state index contributed by atoms with van der Waals surface area (Å²) in [4.78, 5) is 7.00. The maximum Gasteiger partial charge on any atom is 0.191 e. The van der Waals surface area contributed by atoms with E-state index in [1.165, 1.54) is 32.1 Å². The quantitative estimate of drug-likeness (QED) is 0.446. The fourth-order valence-electron chi connectivity index (χ4n) is 4.33. The summed E-state index contributed by atoms with van der Waals surface area (Å²) in [5, 5.41) is 8.52. The SMILES string of the molecule is CN=C(NCCCc1ccc(Cl)cc1Cl)NC1CC2CCCC(C1)N2C. The Morgan fingerprint density at radius 2 is 1.96 bits per heavy atom. The van der Waals surface area contributed by atoms with Crippen molar-refractivity contribution >= 4 is 29.2 Å². The number of nitrogens with one attached hydrogen (secondary N) is 2. The summed E-state index contributed by atoms with van der Waals surface area (Å²) in [7, 11) is 4.14. The Balaban J connectivity index is 1.42. The fraction of sp³-hybridized carbons (Fsp3) is 0.650. The van der Waals surface area contributed by atoms with Crippen LogP contribution in [-0.4, -0.2) is 49.6 Å². The zero-order chi connectivity index (χ0) is 18.5. The maximum absolute atomic E-state index is 6.24. The number of hydrogen-bond donors (Lipinski definition) is 2. The molecule has 0 saturated carbocycles. The van der Waals surface area contributed by atoms with E-state index in [-0.39, 0.29) is 0 Å². The van der Waals surface area contributed by atoms with Crippen LogP contribution >= 0.6 is 23.2 Å². The standard InChI is InChI=1S/C20H30Cl2N4/c1-23-20(24-10-4-5-14-8-9-15(21)11-19(14)22)25-16-12-17-6-3-7-18(13-16)26(17)2/h8-9,11,16-18H,3-7,10,12-13H2,1-2H3,(H2,23,24,25). The molecule has 144 valence electrons. The van der Waals surface area contributed by atoms with Crippen LogP contribution in [0.1, 0.15) is 44.1 Å². The zero-order valence-electron chi connectivity index (χ0n) is 15.8. The molecule has 0 spiro atoms. The lowest BCUT2D eigenvalue weighted by Gasteiger charge is -2.47. The largest absolute Gasteiger partial charge is 0.356 e. The van der Waals surface area contributed by atoms with Crippen LogP contribution in [0.2, 0.25) is 10.0 Å². The second kappa shape index (κ2) is 9.29. The summed E-state index contributed by atoms with van der Waals surface area (Å²) in [5.74, 6) is 0.917. The molecule has 0 amide bonds. The number of fused-ring (bicyclic) bond motifs is 2. The number of aryl methyl sites for hydroxylation is 1. The first-order valence-electron chi connectivity index (χ1n) is 9.70. The molecule has 2 unspecified atom stereocenters. The van der Waals surface area contributed by atoms with E-state index in [4.69, 9.17) is 23.2 Å². The van der Waals surface area contributed by atoms with Crippen molar-refractivity contribution in [3.05, 3.63) is 33.8 Å². The first-order valence-corrected chi connectivity index (χ1v) is 10.5. The van der Waals surface area contributed by atoms with Crippen LogP contribution in [-0.2, 0) is 6.42 Å². The molecule has 1 aromatic carbocycles. The summed E-state index contributed by atoms with van der Waals surface area (Å²) < 4.78 is 0. The summed E-state index contributed by atoms with van der Waals surface area (Å²) in [6.45, 7) is 0.873. The molecule has 2 atom stereocenters. The third-order valence-corrected chi connectivity index (χ3v) is 6.42. The van der Waals surface area contributed by atoms with E-state index in [0.717, 1.165) is 48.0 Å². The van der Waals surface area contributed by atoms with Gasteiger partial charge in [-0.3, -0.25) is 4.99 Å². The minimum atomic E-state index is 0.526. The zero-order valence-corrected chi connectivity index (χ0v) is 17.3. The molecule has 3 rings (SSSR count). The molecule has 2 aliphatic heterocycles. The molecule has 2 N–H and O–H groups in total. The molecular formula is C20H30Cl2N4. The predicted octanol–water partition coefficient (Wildman–Crippen LogP) is 4.11. The van der Waals surface area contributed by atoms with Crippen LogP contribution in [0.25, 0.3) is 0 Å². The number of rotatable bonds is 5. The van der Waals surface area contributed by atoms with Gasteiger partial charge in [-0.25, -0.2) is 0 Å². The molecule has 2 heterocycles. The van der Waals surface area contributed by atoms with Gasteiger partial charge in [0.1, 0.15) is 0 Å². The Morgan fingerprint density at radius 3 is 2.62 bits per heavy atom. The topological polar surface area (TPSA) is 39.7 Å². The smallest absolute Gasteiger partial charge is 0.191 e. The minimum absolute atomic E-state index is 0.526. The highest BCUT2D eigenvalue weighted by molar-refractivity contribution is 6.35. The van der Waals surface area contributed by atoms with Crippen molar-refractivity contribution < 1.29 is 0 Å². The average molecular weight is 397 g/mol. The normalized spacial score (nSPS) is 26.6. The lowest BCUT2D eigenvalue weighted by molar-refractivity contribution is 0.0526. The van der Waals surface area contributed by atoms with E-state index in [0.29, 0.717) is 11.1 Å². The van der Waals surface area contributed by atoms with Gasteiger partial charge in [0.2, 0.25) is 0 Å². The molecule has 6 heteroatoms. The van der Waals surface area contributed by atoms with Crippen LogP contribution in [0, 0.1) is 0 Å². The second-order valence-corrected chi connectivity index (χ2v) is 8.40. The van der Waals surface area contributed by atoms with E-state index in [1.54, 1.807) is 0 Å². The van der Waals surface area contributed by atoms with Crippen molar-refractivity contribution in [2.75, 3.05) is 20.6 Å². The Morgan fingerprint density at radius 1 is 1.23 bits per heavy atom. The number of piperidine rings is 2. The third-order valence-electron chi connectivity index (χ3n) is 5.83. The number of halogens is 2. The van der Waals surface area contributed by atoms with E-state index in [2.05, 4.69) is 27.6 Å². The Kier molecular flexibility index (Phi) is 7.07. The molecule has 2 aliphatic rings. The van der Waals surface area contributed by atoms with Crippen LogP contribution in [0.5, 0.6) is 0 Å². The van der Waals surface area contributed by atoms with Crippen LogP contribution < -0.4 is 10.6 Å². The molecule has 2 fully saturated rings. The molecule has 26 heavy (non-hydrogen) atoms. The molecule has 0 radical (unpaired) electrons. The Bertz CT molecular complexity index is 620. The van der Waals surface area contributed by atoms with Gasteiger partial charge in [0, 0.05) is 41.8 Å². The van der Waals surface area contributed by atoms with E-state index >= 15 is 0 Å². The maximum atomic E-state index is 6.24. The van der Waals surface area contributed by atoms with E-state index in [1.807, 2.05) is 25.2 Å². The Hall–Kier alpha value is -0.970. The highest BCUT2D eigenvalue weighted by Crippen LogP contribution is 2.32. The van der Waals surface area contributed by atoms with Gasteiger partial charge in [-0.1, -0.05) is 35.7 Å². The van der Waals surface area contributed by atoms with Gasteiger partial charge in [-0.15, -0.1) is 0 Å². The molecule has 0 aliphatic carbocycles. The molecule has 4 nitrogen and oxygen atoms in total. The summed E-state index contributed by atoms with van der Waals surface area (Å²) >= 11 is 12.2. The van der Waals surface area contributed by atoms with Crippen molar-refractivity contribution in [3.8, 4) is 0 Å². The fourth-order valence-corrected chi connectivity index (χ4v) is 4.83. The number of nitrogens with zero attached hydrogens (tertiary/aromatic N) is 2. The average Bonchev–Trinajstić information content (AvgIpc) is 2.60. The number of hydrogen-bond acceptors (Lipinski definition) is 2. The van der Waals surface area contributed by atoms with Crippen molar-refractivity contribution in [1.82, 2.24) is 15.5 Å². The first kappa shape index (κ1) is 19.8. The molecule has 2 bridgehead atoms. The molecular weight excluding hydrogens is 367 g/mol. The number of aliphatic imine (C=N–C) groups is 1. The Labute approximate surface area is 167 Å². The molecule has 0 aromatic heterocycles. The van der Waals surface area contributed by atoms with E-state index in [9.17, 15) is 0 Å². The van der Waals surface area contributed by atoms with E-state index < -0.39 is 0 Å². The number of guanidine groups is 1. The van der Waals surface area contributed by atoms with Gasteiger partial charge in [0.05, 0.1) is 0 Å². The van der Waals surface area contributed by atoms with Crippen molar-refractivity contribution in [2.45, 2.75) is 63.1 Å². The van der Waals surface area contributed by atoms with Gasteiger partial charge in [0.25, 0.3) is 0 Å². The summed E-state index contributed by atoms with van der Waals surface area (Å²) in [6, 6.07) is 7.69. The van der Waals surface area contributed by atoms with Gasteiger partial charge in [-0.05, 0) is 63.3 Å². The highest BCUT2D eigenvalue weighted by atomic mass is 35.5. The van der Waals surface area contributed by atoms with Crippen molar-refractivity contribution in [2.24, 2.45) is 4.99 Å². The molecule has 1 aromatic rings. The minimum Gasteiger partial charge on any atom is -0.356 e. The van der Waals surface area contributed by atoms with Crippen molar-refractivity contribution in [3.63, 3.8) is 0 Å². The van der Waals surface area contributed by atoms with Crippen LogP contribution in [0.15, 0.2) is 23.2 Å². The van der Waals surface area contributed by atoms with Crippen molar-refractivity contribution in [1.29, 1.82) is 0 Å². The second-order valence-electron chi connectivity index (χ2n) is 7.55. The van der Waals surface area contributed by atoms with Crippen LogP contribution in [0.4, 0.5) is 0 Å².